The molecule has 29 heavy (non-hydrogen) atoms. The van der Waals surface area contributed by atoms with Crippen LogP contribution in [0, 0.1) is 0 Å². The number of aromatic amines is 1. The van der Waals surface area contributed by atoms with Gasteiger partial charge < -0.3 is 20.1 Å². The maximum atomic E-state index is 12.2. The first kappa shape index (κ1) is 19.9. The molecule has 148 valence electrons. The van der Waals surface area contributed by atoms with Crippen LogP contribution in [0.1, 0.15) is 18.1 Å². The molecular weight excluding hydrogens is 372 g/mol. The van der Waals surface area contributed by atoms with Gasteiger partial charge in [-0.2, -0.15) is 0 Å². The largest absolute Gasteiger partial charge is 0.480 e. The van der Waals surface area contributed by atoms with Gasteiger partial charge in [0, 0.05) is 36.5 Å². The number of aliphatic carboxylic acids is 1. The number of hydrogen-bond donors (Lipinski definition) is 3. The van der Waals surface area contributed by atoms with Crippen molar-refractivity contribution >= 4 is 34.8 Å². The molecule has 0 aliphatic carbocycles. The van der Waals surface area contributed by atoms with Crippen molar-refractivity contribution in [3.63, 3.8) is 0 Å². The Labute approximate surface area is 167 Å². The minimum atomic E-state index is -1.11. The normalized spacial score (nSPS) is 12.0. The van der Waals surface area contributed by atoms with Gasteiger partial charge in [-0.3, -0.25) is 9.59 Å². The number of aromatic nitrogens is 1. The Morgan fingerprint density at radius 2 is 1.86 bits per heavy atom. The van der Waals surface area contributed by atoms with E-state index in [1.807, 2.05) is 24.3 Å². The summed E-state index contributed by atoms with van der Waals surface area (Å²) in [5, 5.41) is 12.9. The van der Waals surface area contributed by atoms with Crippen LogP contribution in [-0.2, 0) is 20.8 Å². The van der Waals surface area contributed by atoms with Gasteiger partial charge in [0.05, 0.1) is 0 Å². The van der Waals surface area contributed by atoms with Gasteiger partial charge in [0.25, 0.3) is 0 Å². The number of nitrogens with one attached hydrogen (secondary N) is 2. The van der Waals surface area contributed by atoms with E-state index in [4.69, 9.17) is 4.74 Å². The number of hydrogen-bond acceptors (Lipinski definition) is 4. The average molecular weight is 392 g/mol. The molecule has 7 heteroatoms. The fourth-order valence-electron chi connectivity index (χ4n) is 2.93. The summed E-state index contributed by atoms with van der Waals surface area (Å²) < 4.78 is 4.94. The molecule has 1 heterocycles. The summed E-state index contributed by atoms with van der Waals surface area (Å²) in [6.07, 6.45) is 4.74. The molecule has 3 aromatic rings. The average Bonchev–Trinajstić information content (AvgIpc) is 3.09. The highest BCUT2D eigenvalue weighted by atomic mass is 16.5. The Bertz CT molecular complexity index is 1070. The van der Waals surface area contributed by atoms with Crippen molar-refractivity contribution < 1.29 is 24.2 Å². The molecule has 3 N–H and O–H groups in total. The number of fused-ring (bicyclic) bond motifs is 1. The Morgan fingerprint density at radius 3 is 2.55 bits per heavy atom. The minimum absolute atomic E-state index is 0.163. The summed E-state index contributed by atoms with van der Waals surface area (Å²) in [5.41, 5.74) is 2.44. The number of carbonyl (C=O) groups is 3. The zero-order chi connectivity index (χ0) is 20.8. The standard InChI is InChI=1S/C22H20N2O5/c1-14(25)29-17-9-6-15(7-10-17)8-11-21(26)24-20(22(27)28)12-16-13-23-19-5-3-2-4-18(16)19/h2-11,13,20,23H,12H2,1H3,(H,24,26)(H,27,28)/b11-8+/t20-/m0/s1. The van der Waals surface area contributed by atoms with E-state index in [9.17, 15) is 19.5 Å². The van der Waals surface area contributed by atoms with Gasteiger partial charge in [0.15, 0.2) is 0 Å². The predicted molar refractivity (Wildman–Crippen MR) is 108 cm³/mol. The quantitative estimate of drug-likeness (QED) is 0.325. The number of carboxylic acids is 1. The number of para-hydroxylation sites is 1. The number of benzene rings is 2. The van der Waals surface area contributed by atoms with E-state index < -0.39 is 23.9 Å². The highest BCUT2D eigenvalue weighted by molar-refractivity contribution is 5.94. The molecule has 7 nitrogen and oxygen atoms in total. The highest BCUT2D eigenvalue weighted by Crippen LogP contribution is 2.19. The Balaban J connectivity index is 1.64. The van der Waals surface area contributed by atoms with E-state index in [0.717, 1.165) is 16.5 Å². The number of rotatable bonds is 7. The van der Waals surface area contributed by atoms with Crippen LogP contribution < -0.4 is 10.1 Å². The van der Waals surface area contributed by atoms with Gasteiger partial charge in [0.1, 0.15) is 11.8 Å². The fraction of sp³-hybridized carbons (Fsp3) is 0.136. The molecule has 0 aliphatic rings. The minimum Gasteiger partial charge on any atom is -0.480 e. The molecule has 0 bridgehead atoms. The summed E-state index contributed by atoms with van der Waals surface area (Å²) >= 11 is 0. The molecular formula is C22H20N2O5. The highest BCUT2D eigenvalue weighted by Gasteiger charge is 2.21. The van der Waals surface area contributed by atoms with Crippen LogP contribution in [0.3, 0.4) is 0 Å². The first-order chi connectivity index (χ1) is 13.9. The van der Waals surface area contributed by atoms with E-state index in [0.29, 0.717) is 11.3 Å². The van der Waals surface area contributed by atoms with Gasteiger partial charge >= 0.3 is 11.9 Å². The van der Waals surface area contributed by atoms with Crippen molar-refractivity contribution in [1.29, 1.82) is 0 Å². The lowest BCUT2D eigenvalue weighted by molar-refractivity contribution is -0.141. The van der Waals surface area contributed by atoms with E-state index >= 15 is 0 Å². The maximum Gasteiger partial charge on any atom is 0.326 e. The Kier molecular flexibility index (Phi) is 6.09. The van der Waals surface area contributed by atoms with Crippen molar-refractivity contribution in [3.8, 4) is 5.75 Å². The lowest BCUT2D eigenvalue weighted by Gasteiger charge is -2.12. The lowest BCUT2D eigenvalue weighted by atomic mass is 10.0. The monoisotopic (exact) mass is 392 g/mol. The molecule has 2 aromatic carbocycles. The number of ether oxygens (including phenoxy) is 1. The molecule has 0 aliphatic heterocycles. The van der Waals surface area contributed by atoms with E-state index in [-0.39, 0.29) is 6.42 Å². The Hall–Kier alpha value is -3.87. The number of carboxylic acid groups (broad SMARTS) is 1. The van der Waals surface area contributed by atoms with Crippen LogP contribution in [0.5, 0.6) is 5.75 Å². The lowest BCUT2D eigenvalue weighted by Crippen LogP contribution is -2.41. The zero-order valence-electron chi connectivity index (χ0n) is 15.7. The van der Waals surface area contributed by atoms with Crippen LogP contribution >= 0.6 is 0 Å². The van der Waals surface area contributed by atoms with Gasteiger partial charge in [-0.05, 0) is 35.4 Å². The topological polar surface area (TPSA) is 108 Å². The van der Waals surface area contributed by atoms with E-state index in [2.05, 4.69) is 10.3 Å². The summed E-state index contributed by atoms with van der Waals surface area (Å²) in [6.45, 7) is 1.31. The fourth-order valence-corrected chi connectivity index (χ4v) is 2.93. The molecule has 0 radical (unpaired) electrons. The van der Waals surface area contributed by atoms with Crippen molar-refractivity contribution in [2.45, 2.75) is 19.4 Å². The van der Waals surface area contributed by atoms with E-state index in [1.54, 1.807) is 36.5 Å². The van der Waals surface area contributed by atoms with Gasteiger partial charge in [-0.15, -0.1) is 0 Å². The zero-order valence-corrected chi connectivity index (χ0v) is 15.7. The molecule has 1 aromatic heterocycles. The van der Waals surface area contributed by atoms with Crippen molar-refractivity contribution in [2.75, 3.05) is 0 Å². The molecule has 1 atom stereocenters. The number of carbonyl (C=O) groups excluding carboxylic acids is 2. The maximum absolute atomic E-state index is 12.2. The van der Waals surface area contributed by atoms with Crippen LogP contribution in [-0.4, -0.2) is 34.0 Å². The molecule has 3 rings (SSSR count). The third-order valence-electron chi connectivity index (χ3n) is 4.28. The molecule has 0 saturated heterocycles. The number of amides is 1. The SMILES string of the molecule is CC(=O)Oc1ccc(/C=C/C(=O)N[C@@H](Cc2c[nH]c3ccccc23)C(=O)O)cc1. The van der Waals surface area contributed by atoms with Crippen LogP contribution in [0.2, 0.25) is 0 Å². The predicted octanol–water partition coefficient (Wildman–Crippen LogP) is 2.92. The van der Waals surface area contributed by atoms with E-state index in [1.165, 1.54) is 13.0 Å². The summed E-state index contributed by atoms with van der Waals surface area (Å²) in [7, 11) is 0. The van der Waals surface area contributed by atoms with Crippen molar-refractivity contribution in [3.05, 3.63) is 71.9 Å². The third kappa shape index (κ3) is 5.32. The Morgan fingerprint density at radius 1 is 1.14 bits per heavy atom. The van der Waals surface area contributed by atoms with Crippen LogP contribution in [0.4, 0.5) is 0 Å². The van der Waals surface area contributed by atoms with Crippen molar-refractivity contribution in [2.24, 2.45) is 0 Å². The third-order valence-corrected chi connectivity index (χ3v) is 4.28. The second-order valence-corrected chi connectivity index (χ2v) is 6.46. The van der Waals surface area contributed by atoms with Crippen LogP contribution in [0.25, 0.3) is 17.0 Å². The van der Waals surface area contributed by atoms with Gasteiger partial charge in [-0.25, -0.2) is 4.79 Å². The second kappa shape index (κ2) is 8.88. The molecule has 1 amide bonds. The van der Waals surface area contributed by atoms with Gasteiger partial charge in [-0.1, -0.05) is 30.3 Å². The molecule has 0 fully saturated rings. The summed E-state index contributed by atoms with van der Waals surface area (Å²) in [6, 6.07) is 13.1. The number of esters is 1. The molecule has 0 unspecified atom stereocenters. The smallest absolute Gasteiger partial charge is 0.326 e. The van der Waals surface area contributed by atoms with Crippen molar-refractivity contribution in [1.82, 2.24) is 10.3 Å². The summed E-state index contributed by atoms with van der Waals surface area (Å²) in [5.74, 6) is -1.63. The second-order valence-electron chi connectivity index (χ2n) is 6.46. The molecule has 0 saturated carbocycles. The van der Waals surface area contributed by atoms with Gasteiger partial charge in [0.2, 0.25) is 5.91 Å². The molecule has 0 spiro atoms. The summed E-state index contributed by atoms with van der Waals surface area (Å²) in [4.78, 5) is 37.8. The first-order valence-electron chi connectivity index (χ1n) is 8.97. The first-order valence-corrected chi connectivity index (χ1v) is 8.97. The van der Waals surface area contributed by atoms with Crippen LogP contribution in [0.15, 0.2) is 60.8 Å². The number of H-pyrrole nitrogens is 1.